The predicted molar refractivity (Wildman–Crippen MR) is 90.1 cm³/mol. The van der Waals surface area contributed by atoms with E-state index in [1.54, 1.807) is 26.2 Å². The smallest absolute Gasteiger partial charge is 0.387 e. The maximum atomic E-state index is 12.4. The number of nitrogens with zero attached hydrogens (tertiary/aromatic N) is 1. The molecule has 1 aromatic carbocycles. The Labute approximate surface area is 147 Å². The van der Waals surface area contributed by atoms with E-state index in [1.165, 1.54) is 6.07 Å². The van der Waals surface area contributed by atoms with Crippen molar-refractivity contribution in [3.8, 4) is 11.5 Å². The first kappa shape index (κ1) is 21.1. The van der Waals surface area contributed by atoms with Gasteiger partial charge in [0.15, 0.2) is 11.5 Å². The fourth-order valence-corrected chi connectivity index (χ4v) is 2.18. The monoisotopic (exact) mass is 360 g/mol. The van der Waals surface area contributed by atoms with Crippen LogP contribution in [0.15, 0.2) is 18.2 Å². The molecular weight excluding hydrogens is 334 g/mol. The number of rotatable bonds is 12. The lowest BCUT2D eigenvalue weighted by molar-refractivity contribution is -0.122. The molecule has 0 atom stereocenters. The van der Waals surface area contributed by atoms with E-state index in [9.17, 15) is 13.6 Å². The van der Waals surface area contributed by atoms with E-state index in [0.29, 0.717) is 13.2 Å². The van der Waals surface area contributed by atoms with Crippen LogP contribution < -0.4 is 14.8 Å². The first-order chi connectivity index (χ1) is 12.0. The fourth-order valence-electron chi connectivity index (χ4n) is 2.18. The molecule has 0 saturated heterocycles. The molecule has 0 aliphatic carbocycles. The van der Waals surface area contributed by atoms with E-state index >= 15 is 0 Å². The number of benzene rings is 1. The molecule has 0 bridgehead atoms. The van der Waals surface area contributed by atoms with Crippen molar-refractivity contribution in [1.29, 1.82) is 0 Å². The molecule has 6 nitrogen and oxygen atoms in total. The minimum absolute atomic E-state index is 0.0233. The second kappa shape index (κ2) is 11.6. The molecule has 1 N–H and O–H groups in total. The van der Waals surface area contributed by atoms with Crippen LogP contribution in [-0.2, 0) is 16.1 Å². The van der Waals surface area contributed by atoms with Gasteiger partial charge in [0.2, 0.25) is 5.91 Å². The van der Waals surface area contributed by atoms with Gasteiger partial charge in [0.05, 0.1) is 13.2 Å². The fraction of sp³-hybridized carbons (Fsp3) is 0.588. The van der Waals surface area contributed by atoms with Crippen LogP contribution in [0.2, 0.25) is 0 Å². The highest BCUT2D eigenvalue weighted by atomic mass is 19.3. The molecule has 0 unspecified atom stereocenters. The Hall–Kier alpha value is -1.93. The Morgan fingerprint density at radius 1 is 1.32 bits per heavy atom. The molecule has 0 saturated carbocycles. The maximum Gasteiger partial charge on any atom is 0.387 e. The third-order valence-electron chi connectivity index (χ3n) is 3.32. The van der Waals surface area contributed by atoms with Gasteiger partial charge in [-0.15, -0.1) is 0 Å². The van der Waals surface area contributed by atoms with Gasteiger partial charge in [0.25, 0.3) is 0 Å². The minimum atomic E-state index is -2.92. The van der Waals surface area contributed by atoms with Gasteiger partial charge in [-0.05, 0) is 38.1 Å². The zero-order chi connectivity index (χ0) is 18.7. The molecule has 1 amide bonds. The summed E-state index contributed by atoms with van der Waals surface area (Å²) >= 11 is 0. The number of ether oxygens (including phenoxy) is 3. The second-order valence-electron chi connectivity index (χ2n) is 5.45. The number of nitrogens with one attached hydrogen (secondary N) is 1. The number of alkyl halides is 2. The van der Waals surface area contributed by atoms with Crippen molar-refractivity contribution in [3.05, 3.63) is 23.8 Å². The molecule has 0 aliphatic heterocycles. The second-order valence-corrected chi connectivity index (χ2v) is 5.45. The lowest BCUT2D eigenvalue weighted by Gasteiger charge is -2.16. The zero-order valence-corrected chi connectivity index (χ0v) is 14.9. The third kappa shape index (κ3) is 8.64. The van der Waals surface area contributed by atoms with Crippen molar-refractivity contribution in [2.75, 3.05) is 40.5 Å². The zero-order valence-electron chi connectivity index (χ0n) is 14.9. The molecule has 0 aliphatic rings. The molecule has 25 heavy (non-hydrogen) atoms. The van der Waals surface area contributed by atoms with Crippen molar-refractivity contribution in [3.63, 3.8) is 0 Å². The van der Waals surface area contributed by atoms with Gasteiger partial charge >= 0.3 is 6.61 Å². The Balaban J connectivity index is 2.53. The number of methoxy groups -OCH3 is 1. The average Bonchev–Trinajstić information content (AvgIpc) is 2.55. The normalized spacial score (nSPS) is 11.0. The molecule has 1 rings (SSSR count). The highest BCUT2D eigenvalue weighted by Gasteiger charge is 2.12. The number of likely N-dealkylation sites (N-methyl/N-ethyl adjacent to an activating group) is 1. The first-order valence-electron chi connectivity index (χ1n) is 8.11. The van der Waals surface area contributed by atoms with E-state index in [0.717, 1.165) is 18.5 Å². The molecule has 0 spiro atoms. The van der Waals surface area contributed by atoms with Crippen LogP contribution in [0.4, 0.5) is 8.78 Å². The quantitative estimate of drug-likeness (QED) is 0.580. The van der Waals surface area contributed by atoms with Crippen LogP contribution in [0.5, 0.6) is 11.5 Å². The molecule has 8 heteroatoms. The van der Waals surface area contributed by atoms with E-state index in [4.69, 9.17) is 9.47 Å². The number of hydrogen-bond acceptors (Lipinski definition) is 5. The van der Waals surface area contributed by atoms with Gasteiger partial charge in [-0.1, -0.05) is 6.07 Å². The summed E-state index contributed by atoms with van der Waals surface area (Å²) < 4.78 is 39.5. The van der Waals surface area contributed by atoms with E-state index in [-0.39, 0.29) is 30.5 Å². The van der Waals surface area contributed by atoms with Gasteiger partial charge in [-0.3, -0.25) is 9.69 Å². The van der Waals surface area contributed by atoms with E-state index in [1.807, 2.05) is 11.9 Å². The molecule has 1 aromatic rings. The SMILES string of the molecule is CCOc1cc(CNC(=O)CN(C)CCCOC)ccc1OC(F)F. The van der Waals surface area contributed by atoms with E-state index < -0.39 is 6.61 Å². The molecule has 0 fully saturated rings. The average molecular weight is 360 g/mol. The van der Waals surface area contributed by atoms with Gasteiger partial charge in [-0.2, -0.15) is 8.78 Å². The summed E-state index contributed by atoms with van der Waals surface area (Å²) in [5.41, 5.74) is 0.737. The Kier molecular flexibility index (Phi) is 9.79. The van der Waals surface area contributed by atoms with Crippen molar-refractivity contribution in [2.45, 2.75) is 26.5 Å². The molecule has 142 valence electrons. The lowest BCUT2D eigenvalue weighted by atomic mass is 10.2. The Morgan fingerprint density at radius 3 is 2.72 bits per heavy atom. The van der Waals surface area contributed by atoms with Gasteiger partial charge in [0.1, 0.15) is 0 Å². The van der Waals surface area contributed by atoms with Gasteiger partial charge in [0, 0.05) is 26.8 Å². The van der Waals surface area contributed by atoms with Crippen LogP contribution in [-0.4, -0.2) is 57.9 Å². The topological polar surface area (TPSA) is 60.0 Å². The number of carbonyl (C=O) groups is 1. The summed E-state index contributed by atoms with van der Waals surface area (Å²) in [5, 5.41) is 2.79. The minimum Gasteiger partial charge on any atom is -0.490 e. The predicted octanol–water partition coefficient (Wildman–Crippen LogP) is 2.27. The standard InChI is InChI=1S/C17H26F2N2O4/c1-4-24-15-10-13(6-7-14(15)25-17(18)19)11-20-16(22)12-21(2)8-5-9-23-3/h6-7,10,17H,4-5,8-9,11-12H2,1-3H3,(H,20,22). The first-order valence-corrected chi connectivity index (χ1v) is 8.11. The summed E-state index contributed by atoms with van der Waals surface area (Å²) in [5.74, 6) is 0.0850. The molecule has 0 aromatic heterocycles. The number of amides is 1. The van der Waals surface area contributed by atoms with Crippen molar-refractivity contribution in [2.24, 2.45) is 0 Å². The Bertz CT molecular complexity index is 529. The van der Waals surface area contributed by atoms with Gasteiger partial charge < -0.3 is 19.5 Å². The molecular formula is C17H26F2N2O4. The van der Waals surface area contributed by atoms with E-state index in [2.05, 4.69) is 10.1 Å². The van der Waals surface area contributed by atoms with Crippen molar-refractivity contribution >= 4 is 5.91 Å². The number of carbonyl (C=O) groups excluding carboxylic acids is 1. The Morgan fingerprint density at radius 2 is 2.08 bits per heavy atom. The van der Waals surface area contributed by atoms with Gasteiger partial charge in [-0.25, -0.2) is 0 Å². The van der Waals surface area contributed by atoms with Crippen LogP contribution in [0, 0.1) is 0 Å². The summed E-state index contributed by atoms with van der Waals surface area (Å²) in [6.07, 6.45) is 0.851. The highest BCUT2D eigenvalue weighted by molar-refractivity contribution is 5.78. The molecule has 0 radical (unpaired) electrons. The largest absolute Gasteiger partial charge is 0.490 e. The van der Waals surface area contributed by atoms with Crippen molar-refractivity contribution < 1.29 is 27.8 Å². The summed E-state index contributed by atoms with van der Waals surface area (Å²) in [7, 11) is 3.50. The van der Waals surface area contributed by atoms with Crippen LogP contribution >= 0.6 is 0 Å². The number of hydrogen-bond donors (Lipinski definition) is 1. The lowest BCUT2D eigenvalue weighted by Crippen LogP contribution is -2.35. The summed E-state index contributed by atoms with van der Waals surface area (Å²) in [6, 6.07) is 4.61. The maximum absolute atomic E-state index is 12.4. The summed E-state index contributed by atoms with van der Waals surface area (Å²) in [6.45, 7) is 1.11. The molecule has 0 heterocycles. The van der Waals surface area contributed by atoms with Crippen LogP contribution in [0.3, 0.4) is 0 Å². The number of halogens is 2. The van der Waals surface area contributed by atoms with Crippen LogP contribution in [0.25, 0.3) is 0 Å². The third-order valence-corrected chi connectivity index (χ3v) is 3.32. The highest BCUT2D eigenvalue weighted by Crippen LogP contribution is 2.29. The van der Waals surface area contributed by atoms with Crippen molar-refractivity contribution in [1.82, 2.24) is 10.2 Å². The van der Waals surface area contributed by atoms with Crippen LogP contribution in [0.1, 0.15) is 18.9 Å². The summed E-state index contributed by atoms with van der Waals surface area (Å²) in [4.78, 5) is 13.8.